The number of esters is 1. The van der Waals surface area contributed by atoms with Crippen molar-refractivity contribution in [1.82, 2.24) is 20.4 Å². The zero-order valence-corrected chi connectivity index (χ0v) is 27.7. The molecule has 6 rings (SSSR count). The topological polar surface area (TPSA) is 163 Å². The molecule has 2 aromatic rings. The molecule has 0 aromatic heterocycles. The Morgan fingerprint density at radius 1 is 1.15 bits per heavy atom. The van der Waals surface area contributed by atoms with Crippen molar-refractivity contribution in [2.24, 2.45) is 0 Å². The largest absolute Gasteiger partial charge is 0.504 e. The van der Waals surface area contributed by atoms with Gasteiger partial charge in [-0.1, -0.05) is 13.0 Å². The Bertz CT molecular complexity index is 1700. The lowest BCUT2D eigenvalue weighted by Crippen LogP contribution is -2.69. The summed E-state index contributed by atoms with van der Waals surface area (Å²) in [6.07, 6.45) is 1.10. The number of nitrogens with zero attached hydrogens (tertiary/aromatic N) is 3. The molecular formula is C34H41N5O8. The molecule has 250 valence electrons. The van der Waals surface area contributed by atoms with Crippen molar-refractivity contribution in [3.8, 4) is 34.8 Å². The summed E-state index contributed by atoms with van der Waals surface area (Å²) in [4.78, 5) is 42.1. The standard InChI is InChI=1S/C34H41N5O8/c1-8-25(41)37-17(4)34(43)36-13-24-27-20(31(47-18(5)40)16(3)32-33(27)46-14-45-32)11-22-28-26-19(9-15(2)30(44-7)29(26)42)10-21(38(28)6)23(12-35)39(22)24/h9,17,21-24,28,42H,8,10-11,13-14H2,1-7H3,(H,36,43)(H,37,41)/t17-,21+,22?,23?,24-,28+/m0/s1. The normalized spacial score (nSPS) is 24.6. The zero-order valence-electron chi connectivity index (χ0n) is 27.7. The number of ether oxygens (including phenoxy) is 4. The number of amides is 2. The summed E-state index contributed by atoms with van der Waals surface area (Å²) in [6.45, 7) is 8.38. The maximum absolute atomic E-state index is 13.3. The van der Waals surface area contributed by atoms with Crippen LogP contribution < -0.4 is 29.6 Å². The molecule has 0 radical (unpaired) electrons. The van der Waals surface area contributed by atoms with E-state index in [0.717, 1.165) is 16.7 Å². The van der Waals surface area contributed by atoms with Crippen molar-refractivity contribution in [3.05, 3.63) is 39.4 Å². The van der Waals surface area contributed by atoms with Gasteiger partial charge in [-0.3, -0.25) is 24.2 Å². The molecule has 0 saturated carbocycles. The summed E-state index contributed by atoms with van der Waals surface area (Å²) in [5.41, 5.74) is 4.48. The average Bonchev–Trinajstić information content (AvgIpc) is 3.52. The smallest absolute Gasteiger partial charge is 0.308 e. The minimum Gasteiger partial charge on any atom is -0.504 e. The molecule has 4 aliphatic rings. The lowest BCUT2D eigenvalue weighted by Gasteiger charge is -2.60. The molecule has 13 heteroatoms. The molecule has 0 aliphatic carbocycles. The molecule has 47 heavy (non-hydrogen) atoms. The summed E-state index contributed by atoms with van der Waals surface area (Å²) < 4.78 is 23.4. The second kappa shape index (κ2) is 12.2. The minimum absolute atomic E-state index is 0.0369. The first-order valence-electron chi connectivity index (χ1n) is 15.9. The van der Waals surface area contributed by atoms with Crippen LogP contribution in [0.3, 0.4) is 0 Å². The van der Waals surface area contributed by atoms with Crippen LogP contribution in [0.15, 0.2) is 6.07 Å². The Kier molecular flexibility index (Phi) is 8.44. The third kappa shape index (κ3) is 5.10. The van der Waals surface area contributed by atoms with Gasteiger partial charge in [0, 0.05) is 54.2 Å². The van der Waals surface area contributed by atoms with Crippen LogP contribution >= 0.6 is 0 Å². The molecule has 2 unspecified atom stereocenters. The highest BCUT2D eigenvalue weighted by atomic mass is 16.7. The van der Waals surface area contributed by atoms with Crippen molar-refractivity contribution < 1.29 is 38.4 Å². The molecule has 0 spiro atoms. The number of nitriles is 1. The number of rotatable bonds is 7. The molecular weight excluding hydrogens is 606 g/mol. The highest BCUT2D eigenvalue weighted by molar-refractivity contribution is 5.87. The first kappa shape index (κ1) is 32.4. The summed E-state index contributed by atoms with van der Waals surface area (Å²) in [5.74, 6) is 0.613. The van der Waals surface area contributed by atoms with Crippen LogP contribution in [-0.4, -0.2) is 84.4 Å². The van der Waals surface area contributed by atoms with Gasteiger partial charge >= 0.3 is 5.97 Å². The molecule has 1 fully saturated rings. The summed E-state index contributed by atoms with van der Waals surface area (Å²) in [7, 11) is 3.49. The second-order valence-corrected chi connectivity index (χ2v) is 12.7. The number of piperazine rings is 1. The number of phenolic OH excluding ortho intramolecular Hbond substituents is 1. The van der Waals surface area contributed by atoms with E-state index in [0.29, 0.717) is 52.5 Å². The summed E-state index contributed by atoms with van der Waals surface area (Å²) in [5, 5.41) is 28.2. The van der Waals surface area contributed by atoms with Crippen molar-refractivity contribution in [2.45, 2.75) is 90.1 Å². The Labute approximate surface area is 273 Å². The molecule has 4 heterocycles. The third-order valence-electron chi connectivity index (χ3n) is 10.1. The number of carbonyl (C=O) groups is 3. The first-order valence-corrected chi connectivity index (χ1v) is 15.9. The number of methoxy groups -OCH3 is 1. The number of phenols is 1. The van der Waals surface area contributed by atoms with Crippen molar-refractivity contribution in [2.75, 3.05) is 27.5 Å². The molecule has 1 saturated heterocycles. The van der Waals surface area contributed by atoms with Gasteiger partial charge in [0.2, 0.25) is 18.6 Å². The van der Waals surface area contributed by atoms with Gasteiger partial charge in [0.1, 0.15) is 17.8 Å². The molecule has 3 N–H and O–H groups in total. The van der Waals surface area contributed by atoms with Gasteiger partial charge in [0.05, 0.1) is 25.3 Å². The molecule has 2 bridgehead atoms. The highest BCUT2D eigenvalue weighted by Gasteiger charge is 2.57. The monoisotopic (exact) mass is 647 g/mol. The number of likely N-dealkylation sites (N-methyl/N-ethyl adjacent to an activating group) is 1. The maximum atomic E-state index is 13.3. The fourth-order valence-corrected chi connectivity index (χ4v) is 8.07. The van der Waals surface area contributed by atoms with Crippen LogP contribution in [-0.2, 0) is 27.2 Å². The van der Waals surface area contributed by atoms with Crippen LogP contribution in [0.5, 0.6) is 28.7 Å². The average molecular weight is 648 g/mol. The van der Waals surface area contributed by atoms with Crippen LogP contribution in [0.2, 0.25) is 0 Å². The summed E-state index contributed by atoms with van der Waals surface area (Å²) >= 11 is 0. The number of hydrogen-bond donors (Lipinski definition) is 3. The van der Waals surface area contributed by atoms with Gasteiger partial charge < -0.3 is 34.7 Å². The first-order chi connectivity index (χ1) is 22.4. The van der Waals surface area contributed by atoms with E-state index < -0.39 is 30.1 Å². The van der Waals surface area contributed by atoms with Crippen LogP contribution in [0.1, 0.15) is 72.7 Å². The van der Waals surface area contributed by atoms with Gasteiger partial charge in [-0.2, -0.15) is 5.26 Å². The number of benzene rings is 2. The quantitative estimate of drug-likeness (QED) is 0.299. The number of hydrogen-bond acceptors (Lipinski definition) is 11. The molecule has 2 aromatic carbocycles. The number of fused-ring (bicyclic) bond motifs is 9. The van der Waals surface area contributed by atoms with Gasteiger partial charge in [-0.25, -0.2) is 0 Å². The fourth-order valence-electron chi connectivity index (χ4n) is 8.07. The van der Waals surface area contributed by atoms with Crippen LogP contribution in [0.25, 0.3) is 0 Å². The molecule has 2 amide bonds. The van der Waals surface area contributed by atoms with E-state index in [1.807, 2.05) is 27.0 Å². The molecule has 13 nitrogen and oxygen atoms in total. The summed E-state index contributed by atoms with van der Waals surface area (Å²) in [6, 6.07) is 1.54. The fraction of sp³-hybridized carbons (Fsp3) is 0.529. The Morgan fingerprint density at radius 2 is 1.87 bits per heavy atom. The van der Waals surface area contributed by atoms with Crippen molar-refractivity contribution in [3.63, 3.8) is 0 Å². The molecule has 6 atom stereocenters. The van der Waals surface area contributed by atoms with Crippen molar-refractivity contribution >= 4 is 17.8 Å². The third-order valence-corrected chi connectivity index (χ3v) is 10.1. The lowest BCUT2D eigenvalue weighted by atomic mass is 9.71. The number of aromatic hydroxyl groups is 1. The number of nitrogens with one attached hydrogen (secondary N) is 2. The molecule has 4 aliphatic heterocycles. The van der Waals surface area contributed by atoms with E-state index in [4.69, 9.17) is 18.9 Å². The maximum Gasteiger partial charge on any atom is 0.308 e. The predicted molar refractivity (Wildman–Crippen MR) is 168 cm³/mol. The van der Waals surface area contributed by atoms with E-state index in [1.54, 1.807) is 13.8 Å². The predicted octanol–water partition coefficient (Wildman–Crippen LogP) is 2.47. The second-order valence-electron chi connectivity index (χ2n) is 12.7. The van der Waals surface area contributed by atoms with E-state index in [-0.39, 0.29) is 49.4 Å². The number of aryl methyl sites for hydroxylation is 1. The lowest BCUT2D eigenvalue weighted by molar-refractivity contribution is -0.132. The van der Waals surface area contributed by atoms with E-state index in [1.165, 1.54) is 14.0 Å². The minimum atomic E-state index is -0.792. The zero-order chi connectivity index (χ0) is 33.9. The Hall–Kier alpha value is -4.54. The van der Waals surface area contributed by atoms with Gasteiger partial charge in [0.15, 0.2) is 23.0 Å². The van der Waals surface area contributed by atoms with Crippen LogP contribution in [0.4, 0.5) is 0 Å². The van der Waals surface area contributed by atoms with Gasteiger partial charge in [0.25, 0.3) is 0 Å². The Morgan fingerprint density at radius 3 is 2.53 bits per heavy atom. The van der Waals surface area contributed by atoms with Gasteiger partial charge in [-0.05, 0) is 51.8 Å². The van der Waals surface area contributed by atoms with Gasteiger partial charge in [-0.15, -0.1) is 0 Å². The SMILES string of the molecule is CCC(=O)N[C@@H](C)C(=O)NC[C@H]1c2c(c(OC(C)=O)c(C)c3c2OCO3)CC2[C@@H]3c4c(cc(C)c(OC)c4O)C[C@H](C(C#N)N21)N3C. The van der Waals surface area contributed by atoms with Crippen molar-refractivity contribution in [1.29, 1.82) is 5.26 Å². The van der Waals surface area contributed by atoms with E-state index >= 15 is 0 Å². The highest BCUT2D eigenvalue weighted by Crippen LogP contribution is 2.58. The van der Waals surface area contributed by atoms with E-state index in [2.05, 4.69) is 26.5 Å². The van der Waals surface area contributed by atoms with Crippen LogP contribution in [0, 0.1) is 25.2 Å². The van der Waals surface area contributed by atoms with E-state index in [9.17, 15) is 24.8 Å². The number of carbonyl (C=O) groups excluding carboxylic acids is 3. The Balaban J connectivity index is 1.55.